The molecule has 2 N–H and O–H groups in total. The van der Waals surface area contributed by atoms with Crippen molar-refractivity contribution >= 4 is 12.4 Å². The van der Waals surface area contributed by atoms with Gasteiger partial charge in [-0.1, -0.05) is 63.2 Å². The Morgan fingerprint density at radius 1 is 0.950 bits per heavy atom. The van der Waals surface area contributed by atoms with Crippen molar-refractivity contribution in [3.8, 4) is 11.1 Å². The Morgan fingerprint density at radius 3 is 2.30 bits per heavy atom. The van der Waals surface area contributed by atoms with Gasteiger partial charge >= 0.3 is 0 Å². The quantitative estimate of drug-likeness (QED) is 0.688. The van der Waals surface area contributed by atoms with E-state index in [1.54, 1.807) is 0 Å². The van der Waals surface area contributed by atoms with Crippen molar-refractivity contribution in [3.05, 3.63) is 59.2 Å². The van der Waals surface area contributed by atoms with Gasteiger partial charge in [0.05, 0.1) is 0 Å². The maximum Gasteiger partial charge on any atom is 0.0344 e. The third kappa shape index (κ3) is 2.48. The number of hydrogen-bond donors (Lipinski definition) is 1. The van der Waals surface area contributed by atoms with Gasteiger partial charge in [-0.05, 0) is 39.7 Å². The Kier molecular flexibility index (Phi) is 3.95. The second-order valence-electron chi connectivity index (χ2n) is 6.59. The number of fused-ring (bicyclic) bond motifs is 3. The smallest absolute Gasteiger partial charge is 0.0344 e. The largest absolute Gasteiger partial charge is 0.324 e. The van der Waals surface area contributed by atoms with Crippen molar-refractivity contribution in [2.24, 2.45) is 11.1 Å². The first-order chi connectivity index (χ1) is 8.97. The molecule has 1 atom stereocenters. The van der Waals surface area contributed by atoms with Crippen LogP contribution in [0.2, 0.25) is 0 Å². The average Bonchev–Trinajstić information content (AvgIpc) is 2.74. The highest BCUT2D eigenvalue weighted by Gasteiger charge is 2.24. The molecule has 2 aromatic rings. The summed E-state index contributed by atoms with van der Waals surface area (Å²) < 4.78 is 0. The van der Waals surface area contributed by atoms with Crippen LogP contribution < -0.4 is 5.73 Å². The van der Waals surface area contributed by atoms with E-state index in [0.717, 1.165) is 6.42 Å². The number of benzene rings is 2. The zero-order valence-electron chi connectivity index (χ0n) is 12.3. The van der Waals surface area contributed by atoms with Crippen LogP contribution >= 0.6 is 12.4 Å². The number of nitrogens with two attached hydrogens (primary N) is 1. The summed E-state index contributed by atoms with van der Waals surface area (Å²) in [6.07, 6.45) is 1.04. The predicted octanol–water partition coefficient (Wildman–Crippen LogP) is 4.73. The number of hydrogen-bond acceptors (Lipinski definition) is 1. The maximum atomic E-state index is 6.37. The van der Waals surface area contributed by atoms with Gasteiger partial charge in [0.25, 0.3) is 0 Å². The summed E-state index contributed by atoms with van der Waals surface area (Å²) in [5.41, 5.74) is 13.3. The fraction of sp³-hybridized carbons (Fsp3) is 0.333. The van der Waals surface area contributed by atoms with E-state index in [4.69, 9.17) is 5.73 Å². The third-order valence-electron chi connectivity index (χ3n) is 4.11. The molecule has 0 unspecified atom stereocenters. The molecule has 0 heterocycles. The molecule has 0 saturated carbocycles. The lowest BCUT2D eigenvalue weighted by Gasteiger charge is -2.27. The summed E-state index contributed by atoms with van der Waals surface area (Å²) in [7, 11) is 0. The zero-order valence-corrected chi connectivity index (χ0v) is 13.1. The van der Waals surface area contributed by atoms with Crippen LogP contribution in [0.4, 0.5) is 0 Å². The molecular weight excluding hydrogens is 266 g/mol. The van der Waals surface area contributed by atoms with Crippen molar-refractivity contribution in [1.29, 1.82) is 0 Å². The summed E-state index contributed by atoms with van der Waals surface area (Å²) in [5, 5.41) is 0. The normalized spacial score (nSPS) is 14.2. The van der Waals surface area contributed by atoms with E-state index in [1.165, 1.54) is 27.8 Å². The number of halogens is 1. The van der Waals surface area contributed by atoms with E-state index < -0.39 is 0 Å². The summed E-state index contributed by atoms with van der Waals surface area (Å²) in [6, 6.07) is 15.5. The van der Waals surface area contributed by atoms with Gasteiger partial charge in [-0.2, -0.15) is 0 Å². The first kappa shape index (κ1) is 15.1. The van der Waals surface area contributed by atoms with Crippen LogP contribution in [0.3, 0.4) is 0 Å². The van der Waals surface area contributed by atoms with Crippen molar-refractivity contribution in [3.63, 3.8) is 0 Å². The molecule has 1 aliphatic carbocycles. The molecular formula is C18H22ClN. The highest BCUT2D eigenvalue weighted by atomic mass is 35.5. The van der Waals surface area contributed by atoms with Crippen LogP contribution in [0.1, 0.15) is 43.5 Å². The lowest BCUT2D eigenvalue weighted by atomic mass is 9.82. The second kappa shape index (κ2) is 5.23. The van der Waals surface area contributed by atoms with Crippen molar-refractivity contribution in [2.45, 2.75) is 33.2 Å². The molecule has 0 aromatic heterocycles. The number of rotatable bonds is 1. The minimum Gasteiger partial charge on any atom is -0.324 e. The fourth-order valence-corrected chi connectivity index (χ4v) is 2.86. The molecule has 0 fully saturated rings. The summed E-state index contributed by atoms with van der Waals surface area (Å²) in [5.74, 6) is 0. The van der Waals surface area contributed by atoms with Crippen molar-refractivity contribution in [2.75, 3.05) is 0 Å². The topological polar surface area (TPSA) is 26.0 Å². The summed E-state index contributed by atoms with van der Waals surface area (Å²) in [4.78, 5) is 0. The highest BCUT2D eigenvalue weighted by molar-refractivity contribution is 5.85. The van der Waals surface area contributed by atoms with E-state index >= 15 is 0 Å². The molecule has 20 heavy (non-hydrogen) atoms. The van der Waals surface area contributed by atoms with Gasteiger partial charge < -0.3 is 5.73 Å². The Morgan fingerprint density at radius 2 is 1.60 bits per heavy atom. The van der Waals surface area contributed by atoms with Gasteiger partial charge in [0, 0.05) is 6.04 Å². The van der Waals surface area contributed by atoms with Gasteiger partial charge in [0.1, 0.15) is 0 Å². The molecule has 1 nitrogen and oxygen atoms in total. The molecule has 0 amide bonds. The molecule has 0 radical (unpaired) electrons. The molecule has 2 heteroatoms. The minimum atomic E-state index is 0. The first-order valence-corrected chi connectivity index (χ1v) is 6.93. The van der Waals surface area contributed by atoms with Crippen molar-refractivity contribution < 1.29 is 0 Å². The van der Waals surface area contributed by atoms with E-state index in [2.05, 4.69) is 63.2 Å². The Bertz CT molecular complexity index is 626. The molecule has 0 saturated heterocycles. The van der Waals surface area contributed by atoms with Crippen LogP contribution in [0.5, 0.6) is 0 Å². The molecule has 0 aliphatic heterocycles. The van der Waals surface area contributed by atoms with E-state index in [0.29, 0.717) is 0 Å². The van der Waals surface area contributed by atoms with Crippen LogP contribution in [-0.4, -0.2) is 0 Å². The van der Waals surface area contributed by atoms with Gasteiger partial charge in [-0.15, -0.1) is 12.4 Å². The maximum absolute atomic E-state index is 6.37. The fourth-order valence-electron chi connectivity index (χ4n) is 2.86. The van der Waals surface area contributed by atoms with Gasteiger partial charge in [0.15, 0.2) is 0 Å². The van der Waals surface area contributed by atoms with Crippen LogP contribution in [0, 0.1) is 5.41 Å². The van der Waals surface area contributed by atoms with Crippen LogP contribution in [-0.2, 0) is 6.42 Å². The summed E-state index contributed by atoms with van der Waals surface area (Å²) >= 11 is 0. The lowest BCUT2D eigenvalue weighted by Crippen LogP contribution is -2.26. The zero-order chi connectivity index (χ0) is 13.6. The Hall–Kier alpha value is -1.31. The molecule has 0 bridgehead atoms. The average molecular weight is 288 g/mol. The van der Waals surface area contributed by atoms with Crippen LogP contribution in [0.25, 0.3) is 11.1 Å². The second-order valence-corrected chi connectivity index (χ2v) is 6.59. The molecule has 0 spiro atoms. The Labute approximate surface area is 127 Å². The van der Waals surface area contributed by atoms with E-state index in [9.17, 15) is 0 Å². The third-order valence-corrected chi connectivity index (χ3v) is 4.11. The first-order valence-electron chi connectivity index (χ1n) is 6.93. The SMILES string of the molecule is CC(C)(C)[C@H](N)c1ccc2c(c1)Cc1ccccc1-2.Cl. The highest BCUT2D eigenvalue weighted by Crippen LogP contribution is 2.39. The predicted molar refractivity (Wildman–Crippen MR) is 88.3 cm³/mol. The van der Waals surface area contributed by atoms with Crippen molar-refractivity contribution in [1.82, 2.24) is 0 Å². The molecule has 106 valence electrons. The van der Waals surface area contributed by atoms with Crippen LogP contribution in [0.15, 0.2) is 42.5 Å². The molecule has 3 rings (SSSR count). The monoisotopic (exact) mass is 287 g/mol. The van der Waals surface area contributed by atoms with Gasteiger partial charge in [-0.3, -0.25) is 0 Å². The standard InChI is InChI=1S/C18H21N.ClH/c1-18(2,3)17(19)13-8-9-16-14(11-13)10-12-6-4-5-7-15(12)16;/h4-9,11,17H,10,19H2,1-3H3;1H/t17-;/m1./s1. The van der Waals surface area contributed by atoms with E-state index in [1.807, 2.05) is 0 Å². The lowest BCUT2D eigenvalue weighted by molar-refractivity contribution is 0.327. The molecule has 2 aromatic carbocycles. The molecule has 1 aliphatic rings. The van der Waals surface area contributed by atoms with Gasteiger partial charge in [-0.25, -0.2) is 0 Å². The minimum absolute atomic E-state index is 0. The van der Waals surface area contributed by atoms with E-state index in [-0.39, 0.29) is 23.9 Å². The Balaban J connectivity index is 0.00000147. The summed E-state index contributed by atoms with van der Waals surface area (Å²) in [6.45, 7) is 6.58. The van der Waals surface area contributed by atoms with Gasteiger partial charge in [0.2, 0.25) is 0 Å².